The molecule has 2 heterocycles. The Morgan fingerprint density at radius 3 is 2.57 bits per heavy atom. The number of carbonyl (C=O) groups is 2. The van der Waals surface area contributed by atoms with Gasteiger partial charge in [-0.3, -0.25) is 14.2 Å². The number of carbonyl (C=O) groups excluding carboxylic acids is 2. The molecule has 1 aliphatic heterocycles. The molecule has 3 rings (SSSR count). The minimum atomic E-state index is -0.749. The predicted molar refractivity (Wildman–Crippen MR) is 101 cm³/mol. The summed E-state index contributed by atoms with van der Waals surface area (Å²) >= 11 is 0. The highest BCUT2D eigenvalue weighted by Gasteiger charge is 2.20. The topological polar surface area (TPSA) is 123 Å². The number of anilines is 2. The number of aromatic amines is 1. The zero-order valence-electron chi connectivity index (χ0n) is 15.5. The molecule has 1 fully saturated rings. The molecule has 0 unspecified atom stereocenters. The molecule has 0 saturated carbocycles. The number of rotatable bonds is 4. The van der Waals surface area contributed by atoms with Crippen LogP contribution in [-0.2, 0) is 16.5 Å². The van der Waals surface area contributed by atoms with Crippen molar-refractivity contribution in [3.63, 3.8) is 0 Å². The molecule has 10 heteroatoms. The van der Waals surface area contributed by atoms with Crippen LogP contribution in [0.1, 0.15) is 20.7 Å². The van der Waals surface area contributed by atoms with Gasteiger partial charge in [0.2, 0.25) is 0 Å². The van der Waals surface area contributed by atoms with Gasteiger partial charge in [0.05, 0.1) is 31.6 Å². The van der Waals surface area contributed by atoms with Crippen molar-refractivity contribution in [1.82, 2.24) is 9.55 Å². The summed E-state index contributed by atoms with van der Waals surface area (Å²) in [7, 11) is 2.50. The van der Waals surface area contributed by atoms with Gasteiger partial charge in [-0.05, 0) is 18.2 Å². The first-order valence-electron chi connectivity index (χ1n) is 8.57. The fourth-order valence-corrected chi connectivity index (χ4v) is 2.86. The van der Waals surface area contributed by atoms with Crippen LogP contribution in [-0.4, -0.2) is 54.8 Å². The van der Waals surface area contributed by atoms with Crippen molar-refractivity contribution in [3.8, 4) is 0 Å². The fraction of sp³-hybridized carbons (Fsp3) is 0.333. The number of esters is 1. The van der Waals surface area contributed by atoms with E-state index < -0.39 is 23.1 Å². The first-order chi connectivity index (χ1) is 13.4. The summed E-state index contributed by atoms with van der Waals surface area (Å²) in [5.41, 5.74) is -0.488. The lowest BCUT2D eigenvalue weighted by Gasteiger charge is -2.29. The Kier molecular flexibility index (Phi) is 5.59. The van der Waals surface area contributed by atoms with E-state index in [2.05, 4.69) is 15.2 Å². The van der Waals surface area contributed by atoms with Gasteiger partial charge in [-0.2, -0.15) is 0 Å². The molecule has 1 aromatic carbocycles. The highest BCUT2D eigenvalue weighted by Crippen LogP contribution is 2.25. The van der Waals surface area contributed by atoms with Crippen molar-refractivity contribution in [1.29, 1.82) is 0 Å². The van der Waals surface area contributed by atoms with Gasteiger partial charge in [0.1, 0.15) is 5.56 Å². The third kappa shape index (κ3) is 3.81. The van der Waals surface area contributed by atoms with E-state index in [-0.39, 0.29) is 16.8 Å². The van der Waals surface area contributed by atoms with E-state index >= 15 is 0 Å². The van der Waals surface area contributed by atoms with E-state index in [9.17, 15) is 19.2 Å². The summed E-state index contributed by atoms with van der Waals surface area (Å²) in [6.07, 6.45) is 1.04. The standard InChI is InChI=1S/C18H20N4O6/c1-21-16(24)13(10-19-18(21)26)15(23)20-14-4-3-11(9-12(14)17(25)27-2)22-5-7-28-8-6-22/h3-4,9-10H,5-8H2,1-2H3,(H,19,26)(H,20,23). The summed E-state index contributed by atoms with van der Waals surface area (Å²) in [5, 5.41) is 2.54. The van der Waals surface area contributed by atoms with Crippen molar-refractivity contribution >= 4 is 23.3 Å². The third-order valence-corrected chi connectivity index (χ3v) is 4.46. The number of morpholine rings is 1. The number of methoxy groups -OCH3 is 1. The van der Waals surface area contributed by atoms with E-state index in [1.807, 2.05) is 0 Å². The molecule has 0 bridgehead atoms. The van der Waals surface area contributed by atoms with E-state index in [0.717, 1.165) is 16.5 Å². The molecule has 0 radical (unpaired) electrons. The average molecular weight is 388 g/mol. The number of ether oxygens (including phenoxy) is 2. The van der Waals surface area contributed by atoms with Crippen LogP contribution in [0.25, 0.3) is 0 Å². The number of H-pyrrole nitrogens is 1. The van der Waals surface area contributed by atoms with Crippen LogP contribution >= 0.6 is 0 Å². The SMILES string of the molecule is COC(=O)c1cc(N2CCOCC2)ccc1NC(=O)c1c[nH]c(=O)n(C)c1=O. The van der Waals surface area contributed by atoms with Gasteiger partial charge >= 0.3 is 11.7 Å². The van der Waals surface area contributed by atoms with Gasteiger partial charge in [0, 0.05) is 32.0 Å². The summed E-state index contributed by atoms with van der Waals surface area (Å²) in [6, 6.07) is 4.96. The predicted octanol–water partition coefficient (Wildman–Crippen LogP) is -0.0509. The normalized spacial score (nSPS) is 13.9. The Hall–Kier alpha value is -3.40. The second-order valence-electron chi connectivity index (χ2n) is 6.15. The minimum Gasteiger partial charge on any atom is -0.465 e. The average Bonchev–Trinajstić information content (AvgIpc) is 2.72. The maximum absolute atomic E-state index is 12.5. The number of hydrogen-bond donors (Lipinski definition) is 2. The summed E-state index contributed by atoms with van der Waals surface area (Å²) in [5.74, 6) is -1.37. The molecule has 1 aliphatic rings. The maximum Gasteiger partial charge on any atom is 0.340 e. The Labute approximate surface area is 159 Å². The van der Waals surface area contributed by atoms with E-state index in [0.29, 0.717) is 26.3 Å². The van der Waals surface area contributed by atoms with Crippen molar-refractivity contribution < 1.29 is 19.1 Å². The molecular weight excluding hydrogens is 368 g/mol. The molecule has 0 aliphatic carbocycles. The number of aromatic nitrogens is 2. The van der Waals surface area contributed by atoms with Crippen LogP contribution in [0.4, 0.5) is 11.4 Å². The van der Waals surface area contributed by atoms with Gasteiger partial charge in [-0.1, -0.05) is 0 Å². The Bertz CT molecular complexity index is 1020. The van der Waals surface area contributed by atoms with Crippen LogP contribution in [0, 0.1) is 0 Å². The molecule has 10 nitrogen and oxygen atoms in total. The highest BCUT2D eigenvalue weighted by atomic mass is 16.5. The lowest BCUT2D eigenvalue weighted by atomic mass is 10.1. The zero-order valence-corrected chi connectivity index (χ0v) is 15.5. The van der Waals surface area contributed by atoms with E-state index in [1.165, 1.54) is 14.2 Å². The largest absolute Gasteiger partial charge is 0.465 e. The lowest BCUT2D eigenvalue weighted by molar-refractivity contribution is 0.0602. The Morgan fingerprint density at radius 2 is 1.89 bits per heavy atom. The van der Waals surface area contributed by atoms with Crippen LogP contribution < -0.4 is 21.5 Å². The fourth-order valence-electron chi connectivity index (χ4n) is 2.86. The third-order valence-electron chi connectivity index (χ3n) is 4.46. The first kappa shape index (κ1) is 19.4. The van der Waals surface area contributed by atoms with Crippen molar-refractivity contribution in [2.24, 2.45) is 7.05 Å². The molecule has 2 N–H and O–H groups in total. The number of amides is 1. The summed E-state index contributed by atoms with van der Waals surface area (Å²) < 4.78 is 10.9. The monoisotopic (exact) mass is 388 g/mol. The molecule has 0 spiro atoms. The van der Waals surface area contributed by atoms with Crippen LogP contribution in [0.5, 0.6) is 0 Å². The summed E-state index contributed by atoms with van der Waals surface area (Å²) in [4.78, 5) is 52.7. The minimum absolute atomic E-state index is 0.154. The van der Waals surface area contributed by atoms with Crippen LogP contribution in [0.15, 0.2) is 34.0 Å². The molecule has 2 aromatic rings. The van der Waals surface area contributed by atoms with Gasteiger partial charge in [-0.25, -0.2) is 9.59 Å². The van der Waals surface area contributed by atoms with Gasteiger partial charge in [0.15, 0.2) is 0 Å². The number of benzene rings is 1. The summed E-state index contributed by atoms with van der Waals surface area (Å²) in [6.45, 7) is 2.53. The number of hydrogen-bond acceptors (Lipinski definition) is 7. The molecule has 28 heavy (non-hydrogen) atoms. The Balaban J connectivity index is 1.93. The Morgan fingerprint density at radius 1 is 1.18 bits per heavy atom. The lowest BCUT2D eigenvalue weighted by Crippen LogP contribution is -2.37. The zero-order chi connectivity index (χ0) is 20.3. The van der Waals surface area contributed by atoms with E-state index in [1.54, 1.807) is 18.2 Å². The highest BCUT2D eigenvalue weighted by molar-refractivity contribution is 6.08. The second-order valence-corrected chi connectivity index (χ2v) is 6.15. The molecular formula is C18H20N4O6. The van der Waals surface area contributed by atoms with Crippen molar-refractivity contribution in [2.75, 3.05) is 43.6 Å². The van der Waals surface area contributed by atoms with Gasteiger partial charge < -0.3 is 24.7 Å². The van der Waals surface area contributed by atoms with Crippen LogP contribution in [0.2, 0.25) is 0 Å². The second kappa shape index (κ2) is 8.09. The molecule has 1 saturated heterocycles. The van der Waals surface area contributed by atoms with Gasteiger partial charge in [0.25, 0.3) is 11.5 Å². The number of nitrogens with one attached hydrogen (secondary N) is 2. The van der Waals surface area contributed by atoms with Crippen LogP contribution in [0.3, 0.4) is 0 Å². The van der Waals surface area contributed by atoms with E-state index in [4.69, 9.17) is 9.47 Å². The van der Waals surface area contributed by atoms with Gasteiger partial charge in [-0.15, -0.1) is 0 Å². The molecule has 0 atom stereocenters. The smallest absolute Gasteiger partial charge is 0.340 e. The number of nitrogens with zero attached hydrogens (tertiary/aromatic N) is 2. The quantitative estimate of drug-likeness (QED) is 0.704. The molecule has 1 amide bonds. The molecule has 148 valence electrons. The van der Waals surface area contributed by atoms with Crippen molar-refractivity contribution in [2.45, 2.75) is 0 Å². The first-order valence-corrected chi connectivity index (χ1v) is 8.57. The maximum atomic E-state index is 12.5. The molecule has 1 aromatic heterocycles. The van der Waals surface area contributed by atoms with Crippen molar-refractivity contribution in [3.05, 3.63) is 56.4 Å².